The highest BCUT2D eigenvalue weighted by molar-refractivity contribution is 8.13. The van der Waals surface area contributed by atoms with Crippen molar-refractivity contribution < 1.29 is 9.59 Å². The van der Waals surface area contributed by atoms with Crippen molar-refractivity contribution in [2.24, 2.45) is 5.73 Å². The molecule has 0 aliphatic heterocycles. The first kappa shape index (κ1) is 17.5. The molecule has 5 nitrogen and oxygen atoms in total. The van der Waals surface area contributed by atoms with Gasteiger partial charge in [-0.1, -0.05) is 25.5 Å². The Morgan fingerprint density at radius 3 is 2.57 bits per heavy atom. The molecule has 0 unspecified atom stereocenters. The van der Waals surface area contributed by atoms with E-state index in [9.17, 15) is 9.59 Å². The van der Waals surface area contributed by atoms with Crippen LogP contribution in [0.3, 0.4) is 0 Å². The summed E-state index contributed by atoms with van der Waals surface area (Å²) in [4.78, 5) is 24.6. The van der Waals surface area contributed by atoms with Gasteiger partial charge in [0.15, 0.2) is 0 Å². The summed E-state index contributed by atoms with van der Waals surface area (Å²) in [6.07, 6.45) is 2.72. The van der Waals surface area contributed by atoms with E-state index in [2.05, 4.69) is 17.6 Å². The monoisotopic (exact) mass is 309 g/mol. The second kappa shape index (κ2) is 10.2. The Hall–Kier alpha value is -1.53. The van der Waals surface area contributed by atoms with Gasteiger partial charge in [0.2, 0.25) is 0 Å². The fraction of sp³-hybridized carbons (Fsp3) is 0.467. The standard InChI is InChI=1S/C15H23N3O2S/c1-2-3-10-18-15(20)21-13-8-5-4-7-12(13)14(19)17-11-6-9-16/h4-5,7-8H,2-3,6,9-11,16H2,1H3,(H,17,19)(H,18,20). The summed E-state index contributed by atoms with van der Waals surface area (Å²) in [6.45, 7) is 3.81. The molecule has 0 aliphatic carbocycles. The molecular weight excluding hydrogens is 286 g/mol. The molecule has 0 aromatic heterocycles. The predicted molar refractivity (Wildman–Crippen MR) is 86.6 cm³/mol. The SMILES string of the molecule is CCCCNC(=O)Sc1ccccc1C(=O)NCCCN. The zero-order valence-corrected chi connectivity index (χ0v) is 13.2. The first-order chi connectivity index (χ1) is 10.2. The fourth-order valence-electron chi connectivity index (χ4n) is 1.65. The summed E-state index contributed by atoms with van der Waals surface area (Å²) in [6, 6.07) is 7.11. The molecule has 0 atom stereocenters. The number of thioether (sulfide) groups is 1. The van der Waals surface area contributed by atoms with Gasteiger partial charge in [-0.3, -0.25) is 9.59 Å². The van der Waals surface area contributed by atoms with E-state index < -0.39 is 0 Å². The topological polar surface area (TPSA) is 84.2 Å². The molecule has 0 spiro atoms. The molecule has 0 radical (unpaired) electrons. The van der Waals surface area contributed by atoms with E-state index in [1.165, 1.54) is 0 Å². The van der Waals surface area contributed by atoms with Crippen LogP contribution < -0.4 is 16.4 Å². The Balaban J connectivity index is 2.61. The van der Waals surface area contributed by atoms with Crippen LogP contribution in [0.2, 0.25) is 0 Å². The first-order valence-corrected chi connectivity index (χ1v) is 8.03. The molecule has 0 saturated carbocycles. The number of amides is 2. The van der Waals surface area contributed by atoms with Crippen LogP contribution in [0, 0.1) is 0 Å². The minimum atomic E-state index is -0.173. The highest BCUT2D eigenvalue weighted by Crippen LogP contribution is 2.23. The van der Waals surface area contributed by atoms with Crippen molar-refractivity contribution in [3.63, 3.8) is 0 Å². The zero-order valence-electron chi connectivity index (χ0n) is 12.4. The van der Waals surface area contributed by atoms with Crippen molar-refractivity contribution in [1.29, 1.82) is 0 Å². The lowest BCUT2D eigenvalue weighted by Gasteiger charge is -2.09. The zero-order chi connectivity index (χ0) is 15.5. The fourth-order valence-corrected chi connectivity index (χ4v) is 2.44. The van der Waals surface area contributed by atoms with Crippen LogP contribution in [-0.2, 0) is 0 Å². The van der Waals surface area contributed by atoms with Crippen LogP contribution in [0.4, 0.5) is 4.79 Å². The van der Waals surface area contributed by atoms with Gasteiger partial charge in [0.05, 0.1) is 5.56 Å². The summed E-state index contributed by atoms with van der Waals surface area (Å²) in [5.41, 5.74) is 5.92. The van der Waals surface area contributed by atoms with Crippen molar-refractivity contribution in [1.82, 2.24) is 10.6 Å². The van der Waals surface area contributed by atoms with Gasteiger partial charge >= 0.3 is 0 Å². The minimum Gasteiger partial charge on any atom is -0.352 e. The van der Waals surface area contributed by atoms with Crippen LogP contribution in [0.15, 0.2) is 29.2 Å². The van der Waals surface area contributed by atoms with Gasteiger partial charge in [0.25, 0.3) is 11.1 Å². The molecule has 0 heterocycles. The number of carbonyl (C=O) groups is 2. The Morgan fingerprint density at radius 2 is 1.86 bits per heavy atom. The van der Waals surface area contributed by atoms with E-state index in [0.29, 0.717) is 30.1 Å². The first-order valence-electron chi connectivity index (χ1n) is 7.22. The maximum Gasteiger partial charge on any atom is 0.283 e. The summed E-state index contributed by atoms with van der Waals surface area (Å²) >= 11 is 1.05. The maximum atomic E-state index is 12.1. The number of hydrogen-bond donors (Lipinski definition) is 3. The molecule has 1 rings (SSSR count). The molecule has 21 heavy (non-hydrogen) atoms. The normalized spacial score (nSPS) is 10.2. The van der Waals surface area contributed by atoms with Gasteiger partial charge in [-0.15, -0.1) is 0 Å². The number of rotatable bonds is 8. The van der Waals surface area contributed by atoms with Gasteiger partial charge in [0.1, 0.15) is 0 Å². The largest absolute Gasteiger partial charge is 0.352 e. The van der Waals surface area contributed by atoms with Crippen LogP contribution in [0.5, 0.6) is 0 Å². The molecule has 2 amide bonds. The molecule has 116 valence electrons. The smallest absolute Gasteiger partial charge is 0.283 e. The van der Waals surface area contributed by atoms with Crippen LogP contribution >= 0.6 is 11.8 Å². The number of nitrogens with one attached hydrogen (secondary N) is 2. The van der Waals surface area contributed by atoms with Gasteiger partial charge in [-0.2, -0.15) is 0 Å². The second-order valence-corrected chi connectivity index (χ2v) is 5.58. The third kappa shape index (κ3) is 6.64. The van der Waals surface area contributed by atoms with Crippen LogP contribution in [0.25, 0.3) is 0 Å². The molecule has 1 aromatic carbocycles. The van der Waals surface area contributed by atoms with E-state index in [-0.39, 0.29) is 11.1 Å². The van der Waals surface area contributed by atoms with Gasteiger partial charge in [0, 0.05) is 18.0 Å². The number of nitrogens with two attached hydrogens (primary N) is 1. The molecule has 6 heteroatoms. The highest BCUT2D eigenvalue weighted by atomic mass is 32.2. The van der Waals surface area contributed by atoms with Crippen molar-refractivity contribution in [3.8, 4) is 0 Å². The van der Waals surface area contributed by atoms with E-state index in [1.54, 1.807) is 18.2 Å². The second-order valence-electron chi connectivity index (χ2n) is 4.56. The summed E-state index contributed by atoms with van der Waals surface area (Å²) in [7, 11) is 0. The third-order valence-electron chi connectivity index (χ3n) is 2.80. The van der Waals surface area contributed by atoms with Crippen LogP contribution in [-0.4, -0.2) is 30.8 Å². The van der Waals surface area contributed by atoms with E-state index in [1.807, 2.05) is 6.07 Å². The molecule has 0 aliphatic rings. The summed E-state index contributed by atoms with van der Waals surface area (Å²) in [5.74, 6) is -0.173. The molecule has 0 saturated heterocycles. The molecule has 0 fully saturated rings. The molecular formula is C15H23N3O2S. The van der Waals surface area contributed by atoms with Crippen molar-refractivity contribution in [2.45, 2.75) is 31.1 Å². The lowest BCUT2D eigenvalue weighted by Crippen LogP contribution is -2.26. The van der Waals surface area contributed by atoms with E-state index >= 15 is 0 Å². The van der Waals surface area contributed by atoms with Gasteiger partial charge in [-0.25, -0.2) is 0 Å². The van der Waals surface area contributed by atoms with Crippen molar-refractivity contribution in [3.05, 3.63) is 29.8 Å². The Bertz CT molecular complexity index is 466. The molecule has 4 N–H and O–H groups in total. The maximum absolute atomic E-state index is 12.1. The lowest BCUT2D eigenvalue weighted by molar-refractivity contribution is 0.0950. The summed E-state index contributed by atoms with van der Waals surface area (Å²) in [5, 5.41) is 5.49. The Kier molecular flexibility index (Phi) is 8.54. The molecule has 0 bridgehead atoms. The average molecular weight is 309 g/mol. The van der Waals surface area contributed by atoms with E-state index in [0.717, 1.165) is 31.0 Å². The molecule has 1 aromatic rings. The van der Waals surface area contributed by atoms with Crippen molar-refractivity contribution >= 4 is 22.9 Å². The van der Waals surface area contributed by atoms with Crippen LogP contribution in [0.1, 0.15) is 36.5 Å². The quantitative estimate of drug-likeness (QED) is 0.508. The lowest BCUT2D eigenvalue weighted by atomic mass is 10.2. The number of benzene rings is 1. The van der Waals surface area contributed by atoms with Crippen molar-refractivity contribution in [2.75, 3.05) is 19.6 Å². The summed E-state index contributed by atoms with van der Waals surface area (Å²) < 4.78 is 0. The van der Waals surface area contributed by atoms with E-state index in [4.69, 9.17) is 5.73 Å². The number of hydrogen-bond acceptors (Lipinski definition) is 4. The Labute approximate surface area is 130 Å². The number of unbranched alkanes of at least 4 members (excludes halogenated alkanes) is 1. The predicted octanol–water partition coefficient (Wildman–Crippen LogP) is 2.37. The minimum absolute atomic E-state index is 0.134. The average Bonchev–Trinajstić information content (AvgIpc) is 2.48. The third-order valence-corrected chi connectivity index (χ3v) is 3.71. The highest BCUT2D eigenvalue weighted by Gasteiger charge is 2.13. The van der Waals surface area contributed by atoms with Gasteiger partial charge in [-0.05, 0) is 43.3 Å². The van der Waals surface area contributed by atoms with Gasteiger partial charge < -0.3 is 16.4 Å². The number of carbonyl (C=O) groups excluding carboxylic acids is 2. The Morgan fingerprint density at radius 1 is 1.14 bits per heavy atom.